The molecule has 168 valence electrons. The van der Waals surface area contributed by atoms with Gasteiger partial charge in [0.05, 0.1) is 29.3 Å². The molecular formula is C27H35N5. The zero-order valence-electron chi connectivity index (χ0n) is 19.1. The summed E-state index contributed by atoms with van der Waals surface area (Å²) in [5.74, 6) is 1.97. The Morgan fingerprint density at radius 1 is 0.906 bits per heavy atom. The molecule has 0 amide bonds. The highest BCUT2D eigenvalue weighted by molar-refractivity contribution is 5.75. The predicted octanol–water partition coefficient (Wildman–Crippen LogP) is 4.82. The zero-order valence-corrected chi connectivity index (χ0v) is 19.1. The second-order valence-corrected chi connectivity index (χ2v) is 9.97. The lowest BCUT2D eigenvalue weighted by Gasteiger charge is -2.32. The van der Waals surface area contributed by atoms with Crippen LogP contribution in [0.1, 0.15) is 61.6 Å². The number of para-hydroxylation sites is 2. The maximum Gasteiger partial charge on any atom is 0.124 e. The molecule has 32 heavy (non-hydrogen) atoms. The number of aromatic nitrogens is 3. The van der Waals surface area contributed by atoms with Gasteiger partial charge < -0.3 is 9.47 Å². The molecule has 4 heterocycles. The Morgan fingerprint density at radius 3 is 2.75 bits per heavy atom. The molecule has 2 aliphatic heterocycles. The molecule has 2 atom stereocenters. The van der Waals surface area contributed by atoms with Crippen LogP contribution in [0.3, 0.4) is 0 Å². The van der Waals surface area contributed by atoms with E-state index >= 15 is 0 Å². The molecule has 2 saturated heterocycles. The van der Waals surface area contributed by atoms with Crippen LogP contribution >= 0.6 is 0 Å². The lowest BCUT2D eigenvalue weighted by atomic mass is 9.83. The quantitative estimate of drug-likeness (QED) is 0.563. The van der Waals surface area contributed by atoms with E-state index in [4.69, 9.17) is 9.97 Å². The van der Waals surface area contributed by atoms with Crippen molar-refractivity contribution < 1.29 is 0 Å². The molecule has 2 fully saturated rings. The number of nitrogens with zero attached hydrogens (tertiary/aromatic N) is 5. The van der Waals surface area contributed by atoms with Crippen LogP contribution in [0, 0.1) is 5.92 Å². The van der Waals surface area contributed by atoms with Crippen molar-refractivity contribution in [1.82, 2.24) is 24.3 Å². The highest BCUT2D eigenvalue weighted by Crippen LogP contribution is 2.44. The standard InChI is InChI=1S/C27H35N5/c1-4-15-30(16-5-1)17-7-18-32-24-10-3-2-9-23(24)29-25(32)20-31-19-13-22-12-11-21-8-6-14-28-26(21)27(22)31/h2-3,6,8-10,14,22,27H,1,4-5,7,11-13,15-20H2. The average molecular weight is 430 g/mol. The van der Waals surface area contributed by atoms with Gasteiger partial charge in [0.1, 0.15) is 5.82 Å². The number of aryl methyl sites for hydroxylation is 2. The summed E-state index contributed by atoms with van der Waals surface area (Å²) >= 11 is 0. The molecule has 0 N–H and O–H groups in total. The van der Waals surface area contributed by atoms with Gasteiger partial charge in [0.15, 0.2) is 0 Å². The van der Waals surface area contributed by atoms with Gasteiger partial charge in [0, 0.05) is 12.7 Å². The number of rotatable bonds is 6. The molecule has 0 saturated carbocycles. The normalized spacial score (nSPS) is 24.0. The van der Waals surface area contributed by atoms with E-state index in [1.807, 2.05) is 6.20 Å². The van der Waals surface area contributed by atoms with Gasteiger partial charge in [-0.3, -0.25) is 9.88 Å². The molecule has 5 heteroatoms. The Hall–Kier alpha value is -2.24. The zero-order chi connectivity index (χ0) is 21.3. The summed E-state index contributed by atoms with van der Waals surface area (Å²) in [6.07, 6.45) is 11.1. The summed E-state index contributed by atoms with van der Waals surface area (Å²) in [6.45, 7) is 6.90. The Kier molecular flexibility index (Phi) is 5.70. The molecular weight excluding hydrogens is 394 g/mol. The molecule has 2 aromatic heterocycles. The number of benzene rings is 1. The highest BCUT2D eigenvalue weighted by atomic mass is 15.2. The molecule has 1 aromatic carbocycles. The number of hydrogen-bond acceptors (Lipinski definition) is 4. The van der Waals surface area contributed by atoms with E-state index in [-0.39, 0.29) is 0 Å². The van der Waals surface area contributed by atoms with Crippen molar-refractivity contribution >= 4 is 11.0 Å². The molecule has 6 rings (SSSR count). The van der Waals surface area contributed by atoms with Crippen LogP contribution in [0.25, 0.3) is 11.0 Å². The average Bonchev–Trinajstić information content (AvgIpc) is 3.41. The second kappa shape index (κ2) is 8.95. The number of imidazole rings is 1. The summed E-state index contributed by atoms with van der Waals surface area (Å²) in [7, 11) is 0. The summed E-state index contributed by atoms with van der Waals surface area (Å²) < 4.78 is 2.51. The molecule has 1 aliphatic carbocycles. The van der Waals surface area contributed by atoms with Crippen LogP contribution in [0.5, 0.6) is 0 Å². The molecule has 0 bridgehead atoms. The van der Waals surface area contributed by atoms with Gasteiger partial charge in [-0.15, -0.1) is 0 Å². The van der Waals surface area contributed by atoms with E-state index in [9.17, 15) is 0 Å². The van der Waals surface area contributed by atoms with Crippen molar-refractivity contribution in [3.05, 3.63) is 59.7 Å². The first-order valence-electron chi connectivity index (χ1n) is 12.7. The van der Waals surface area contributed by atoms with E-state index in [0.717, 1.165) is 31.1 Å². The third-order valence-corrected chi connectivity index (χ3v) is 8.00. The van der Waals surface area contributed by atoms with Crippen LogP contribution in [0.4, 0.5) is 0 Å². The minimum Gasteiger partial charge on any atom is -0.327 e. The maximum absolute atomic E-state index is 5.12. The molecule has 5 nitrogen and oxygen atoms in total. The van der Waals surface area contributed by atoms with Crippen molar-refractivity contribution in [2.24, 2.45) is 5.92 Å². The Balaban J connectivity index is 1.24. The molecule has 3 aliphatic rings. The summed E-state index contributed by atoms with van der Waals surface area (Å²) in [5, 5.41) is 0. The van der Waals surface area contributed by atoms with Gasteiger partial charge in [-0.2, -0.15) is 0 Å². The molecule has 2 unspecified atom stereocenters. The number of piperidine rings is 1. The first-order chi connectivity index (χ1) is 15.9. The topological polar surface area (TPSA) is 37.2 Å². The largest absolute Gasteiger partial charge is 0.327 e. The smallest absolute Gasteiger partial charge is 0.124 e. The van der Waals surface area contributed by atoms with Crippen LogP contribution < -0.4 is 0 Å². The van der Waals surface area contributed by atoms with E-state index in [1.165, 1.54) is 87.2 Å². The van der Waals surface area contributed by atoms with Crippen molar-refractivity contribution in [3.8, 4) is 0 Å². The van der Waals surface area contributed by atoms with Crippen molar-refractivity contribution in [1.29, 1.82) is 0 Å². The Bertz CT molecular complexity index is 1070. The fourth-order valence-electron chi connectivity index (χ4n) is 6.38. The fraction of sp³-hybridized carbons (Fsp3) is 0.556. The van der Waals surface area contributed by atoms with Gasteiger partial charge in [-0.05, 0) is 94.4 Å². The van der Waals surface area contributed by atoms with Gasteiger partial charge in [0.25, 0.3) is 0 Å². The third kappa shape index (κ3) is 3.86. The van der Waals surface area contributed by atoms with Crippen LogP contribution in [0.15, 0.2) is 42.6 Å². The summed E-state index contributed by atoms with van der Waals surface area (Å²) in [5.41, 5.74) is 5.21. The number of fused-ring (bicyclic) bond motifs is 4. The Labute approximate surface area is 191 Å². The molecule has 0 spiro atoms. The predicted molar refractivity (Wildman–Crippen MR) is 128 cm³/mol. The molecule has 0 radical (unpaired) electrons. The Morgan fingerprint density at radius 2 is 1.81 bits per heavy atom. The van der Waals surface area contributed by atoms with Crippen LogP contribution in [-0.4, -0.2) is 50.5 Å². The second-order valence-electron chi connectivity index (χ2n) is 9.97. The third-order valence-electron chi connectivity index (χ3n) is 8.00. The number of likely N-dealkylation sites (tertiary alicyclic amines) is 2. The van der Waals surface area contributed by atoms with Gasteiger partial charge in [-0.1, -0.05) is 24.6 Å². The highest BCUT2D eigenvalue weighted by Gasteiger charge is 2.40. The van der Waals surface area contributed by atoms with E-state index in [1.54, 1.807) is 0 Å². The summed E-state index contributed by atoms with van der Waals surface area (Å²) in [6, 6.07) is 13.5. The van der Waals surface area contributed by atoms with Crippen LogP contribution in [0.2, 0.25) is 0 Å². The van der Waals surface area contributed by atoms with E-state index in [2.05, 4.69) is 50.8 Å². The van der Waals surface area contributed by atoms with Gasteiger partial charge >= 0.3 is 0 Å². The number of pyridine rings is 1. The fourth-order valence-corrected chi connectivity index (χ4v) is 6.38. The lowest BCUT2D eigenvalue weighted by Crippen LogP contribution is -2.32. The lowest BCUT2D eigenvalue weighted by molar-refractivity contribution is 0.194. The van der Waals surface area contributed by atoms with Crippen molar-refractivity contribution in [3.63, 3.8) is 0 Å². The van der Waals surface area contributed by atoms with E-state index < -0.39 is 0 Å². The maximum atomic E-state index is 5.12. The minimum absolute atomic E-state index is 0.460. The minimum atomic E-state index is 0.460. The van der Waals surface area contributed by atoms with Crippen molar-refractivity contribution in [2.75, 3.05) is 26.2 Å². The monoisotopic (exact) mass is 429 g/mol. The summed E-state index contributed by atoms with van der Waals surface area (Å²) in [4.78, 5) is 15.3. The first kappa shape index (κ1) is 20.4. The van der Waals surface area contributed by atoms with E-state index in [0.29, 0.717) is 6.04 Å². The van der Waals surface area contributed by atoms with Crippen molar-refractivity contribution in [2.45, 2.75) is 64.1 Å². The SMILES string of the molecule is c1cnc2c(c1)CCC1CCN(Cc3nc4ccccc4n3CCCN3CCCCC3)C21. The van der Waals surface area contributed by atoms with Gasteiger partial charge in [-0.25, -0.2) is 4.98 Å². The number of hydrogen-bond donors (Lipinski definition) is 0. The first-order valence-corrected chi connectivity index (χ1v) is 12.7. The van der Waals surface area contributed by atoms with Gasteiger partial charge in [0.2, 0.25) is 0 Å². The van der Waals surface area contributed by atoms with Crippen LogP contribution in [-0.2, 0) is 19.5 Å². The molecule has 3 aromatic rings.